The Balaban J connectivity index is 1.61. The lowest BCUT2D eigenvalue weighted by atomic mass is 9.97. The molecule has 0 fully saturated rings. The van der Waals surface area contributed by atoms with E-state index in [0.717, 1.165) is 5.56 Å². The van der Waals surface area contributed by atoms with Crippen molar-refractivity contribution in [1.29, 1.82) is 0 Å². The summed E-state index contributed by atoms with van der Waals surface area (Å²) in [7, 11) is 0. The number of rotatable bonds is 12. The highest BCUT2D eigenvalue weighted by Gasteiger charge is 2.35. The lowest BCUT2D eigenvalue weighted by Gasteiger charge is -2.28. The number of carbonyl (C=O) groups excluding carboxylic acids is 1. The quantitative estimate of drug-likeness (QED) is 0.206. The maximum absolute atomic E-state index is 13.3. The van der Waals surface area contributed by atoms with Crippen molar-refractivity contribution in [3.8, 4) is 11.5 Å². The molecular weight excluding hydrogens is 611 g/mol. The molecule has 12 heteroatoms. The molecule has 0 saturated carbocycles. The van der Waals surface area contributed by atoms with E-state index >= 15 is 0 Å². The normalized spacial score (nSPS) is 12.2. The Bertz CT molecular complexity index is 1280. The zero-order valence-corrected chi connectivity index (χ0v) is 24.4. The summed E-state index contributed by atoms with van der Waals surface area (Å²) in [5.74, 6) is -0.702. The fourth-order valence-corrected chi connectivity index (χ4v) is 5.05. The predicted molar refractivity (Wildman–Crippen MR) is 153 cm³/mol. The molecule has 1 amide bonds. The topological polar surface area (TPSA) is 64.8 Å². The molecule has 0 radical (unpaired) electrons. The van der Waals surface area contributed by atoms with Crippen molar-refractivity contribution in [2.24, 2.45) is 11.7 Å². The molecule has 0 saturated heterocycles. The van der Waals surface area contributed by atoms with E-state index < -0.39 is 24.5 Å². The van der Waals surface area contributed by atoms with E-state index in [1.807, 2.05) is 6.92 Å². The third-order valence-corrected chi connectivity index (χ3v) is 7.27. The summed E-state index contributed by atoms with van der Waals surface area (Å²) in [5.41, 5.74) is 7.75. The average molecular weight is 638 g/mol. The van der Waals surface area contributed by atoms with Gasteiger partial charge in [0, 0.05) is 13.1 Å². The van der Waals surface area contributed by atoms with Gasteiger partial charge in [-0.25, -0.2) is 0 Å². The van der Waals surface area contributed by atoms with E-state index in [9.17, 15) is 18.0 Å². The molecule has 40 heavy (non-hydrogen) atoms. The van der Waals surface area contributed by atoms with Gasteiger partial charge in [0.2, 0.25) is 5.91 Å². The second-order valence-corrected chi connectivity index (χ2v) is 10.7. The van der Waals surface area contributed by atoms with E-state index in [1.165, 1.54) is 12.1 Å². The molecule has 0 aromatic heterocycles. The van der Waals surface area contributed by atoms with Crippen LogP contribution in [0.1, 0.15) is 16.7 Å². The highest BCUT2D eigenvalue weighted by Crippen LogP contribution is 2.34. The van der Waals surface area contributed by atoms with Crippen LogP contribution in [-0.4, -0.2) is 43.3 Å². The molecule has 0 bridgehead atoms. The van der Waals surface area contributed by atoms with Gasteiger partial charge < -0.3 is 20.1 Å². The Morgan fingerprint density at radius 2 is 1.57 bits per heavy atom. The minimum absolute atomic E-state index is 0.0967. The van der Waals surface area contributed by atoms with Crippen LogP contribution in [0.5, 0.6) is 11.5 Å². The van der Waals surface area contributed by atoms with Gasteiger partial charge in [0.05, 0.1) is 26.0 Å². The largest absolute Gasteiger partial charge is 0.490 e. The summed E-state index contributed by atoms with van der Waals surface area (Å²) in [5, 5.41) is 1.09. The van der Waals surface area contributed by atoms with Gasteiger partial charge in [-0.1, -0.05) is 70.7 Å². The molecular formula is C28H27Cl4F3N2O3. The second kappa shape index (κ2) is 14.5. The molecule has 0 aliphatic carbocycles. The molecule has 1 unspecified atom stereocenters. The third kappa shape index (κ3) is 9.35. The van der Waals surface area contributed by atoms with Crippen LogP contribution in [0, 0.1) is 12.8 Å². The minimum atomic E-state index is -4.61. The Labute approximate surface area is 250 Å². The van der Waals surface area contributed by atoms with E-state index in [1.54, 1.807) is 42.5 Å². The van der Waals surface area contributed by atoms with Gasteiger partial charge in [0.25, 0.3) is 0 Å². The Kier molecular flexibility index (Phi) is 11.7. The number of aryl methyl sites for hydroxylation is 1. The summed E-state index contributed by atoms with van der Waals surface area (Å²) in [6.45, 7) is 0.328. The number of benzene rings is 3. The van der Waals surface area contributed by atoms with Crippen LogP contribution in [0.4, 0.5) is 13.2 Å². The molecule has 3 aromatic rings. The molecule has 216 valence electrons. The predicted octanol–water partition coefficient (Wildman–Crippen LogP) is 7.77. The lowest BCUT2D eigenvalue weighted by molar-refractivity contribution is -0.164. The first kappa shape index (κ1) is 32.2. The first-order chi connectivity index (χ1) is 18.9. The molecule has 3 aromatic carbocycles. The van der Waals surface area contributed by atoms with Gasteiger partial charge >= 0.3 is 6.18 Å². The average Bonchev–Trinajstić information content (AvgIpc) is 2.88. The van der Waals surface area contributed by atoms with Crippen molar-refractivity contribution in [3.05, 3.63) is 91.4 Å². The molecule has 0 spiro atoms. The van der Waals surface area contributed by atoms with Gasteiger partial charge in [-0.2, -0.15) is 13.2 Å². The van der Waals surface area contributed by atoms with E-state index in [2.05, 4.69) is 0 Å². The second-order valence-electron chi connectivity index (χ2n) is 9.06. The van der Waals surface area contributed by atoms with Gasteiger partial charge in [0.1, 0.15) is 25.5 Å². The van der Waals surface area contributed by atoms with Crippen molar-refractivity contribution in [2.45, 2.75) is 26.1 Å². The summed E-state index contributed by atoms with van der Waals surface area (Å²) in [6, 6.07) is 14.9. The highest BCUT2D eigenvalue weighted by atomic mass is 35.5. The van der Waals surface area contributed by atoms with E-state index in [4.69, 9.17) is 61.6 Å². The first-order valence-corrected chi connectivity index (χ1v) is 13.7. The minimum Gasteiger partial charge on any atom is -0.490 e. The first-order valence-electron chi connectivity index (χ1n) is 12.2. The molecule has 0 aliphatic heterocycles. The van der Waals surface area contributed by atoms with Crippen molar-refractivity contribution in [2.75, 3.05) is 26.3 Å². The Morgan fingerprint density at radius 3 is 2.17 bits per heavy atom. The summed E-state index contributed by atoms with van der Waals surface area (Å²) >= 11 is 24.5. The molecule has 2 N–H and O–H groups in total. The van der Waals surface area contributed by atoms with Crippen molar-refractivity contribution < 1.29 is 27.4 Å². The summed E-state index contributed by atoms with van der Waals surface area (Å²) in [6.07, 6.45) is -4.47. The van der Waals surface area contributed by atoms with Crippen LogP contribution in [0.2, 0.25) is 20.1 Å². The van der Waals surface area contributed by atoms with E-state index in [-0.39, 0.29) is 42.8 Å². The maximum atomic E-state index is 13.3. The van der Waals surface area contributed by atoms with Gasteiger partial charge in [0.15, 0.2) is 5.75 Å². The number of nitrogens with zero attached hydrogens (tertiary/aromatic N) is 1. The molecule has 0 aliphatic rings. The number of nitrogens with two attached hydrogens (primary N) is 1. The molecule has 3 rings (SSSR count). The zero-order valence-electron chi connectivity index (χ0n) is 21.4. The van der Waals surface area contributed by atoms with Crippen LogP contribution in [0.3, 0.4) is 0 Å². The fraction of sp³-hybridized carbons (Fsp3) is 0.321. The van der Waals surface area contributed by atoms with Crippen LogP contribution in [-0.2, 0) is 17.8 Å². The maximum Gasteiger partial charge on any atom is 0.406 e. The van der Waals surface area contributed by atoms with E-state index in [0.29, 0.717) is 37.6 Å². The Hall–Kier alpha value is -2.36. The van der Waals surface area contributed by atoms with Gasteiger partial charge in [-0.15, -0.1) is 0 Å². The number of hydrogen-bond donors (Lipinski definition) is 1. The van der Waals surface area contributed by atoms with Crippen molar-refractivity contribution in [3.63, 3.8) is 0 Å². The van der Waals surface area contributed by atoms with Crippen LogP contribution in [0.15, 0.2) is 54.6 Å². The number of ether oxygens (including phenoxy) is 2. The number of hydrogen-bond acceptors (Lipinski definition) is 4. The van der Waals surface area contributed by atoms with Crippen LogP contribution < -0.4 is 15.2 Å². The third-order valence-electron chi connectivity index (χ3n) is 5.85. The summed E-state index contributed by atoms with van der Waals surface area (Å²) < 4.78 is 51.4. The Morgan fingerprint density at radius 1 is 0.950 bits per heavy atom. The highest BCUT2D eigenvalue weighted by molar-refractivity contribution is 6.42. The van der Waals surface area contributed by atoms with Gasteiger partial charge in [-0.3, -0.25) is 4.79 Å². The SMILES string of the molecule is Cc1cc(Cl)c(OCCOc2ccc(CC(CN)C(=O)N(Cc3cccc(Cl)c3Cl)CC(F)(F)F)cc2)c(Cl)c1. The number of amides is 1. The molecule has 0 heterocycles. The van der Waals surface area contributed by atoms with Gasteiger partial charge in [-0.05, 0) is 60.4 Å². The monoisotopic (exact) mass is 636 g/mol. The van der Waals surface area contributed by atoms with Crippen molar-refractivity contribution >= 4 is 52.3 Å². The fourth-order valence-electron chi connectivity index (χ4n) is 3.97. The number of alkyl halides is 3. The summed E-state index contributed by atoms with van der Waals surface area (Å²) in [4.78, 5) is 13.9. The zero-order chi connectivity index (χ0) is 29.4. The van der Waals surface area contributed by atoms with Crippen molar-refractivity contribution in [1.82, 2.24) is 4.90 Å². The smallest absolute Gasteiger partial charge is 0.406 e. The number of carbonyl (C=O) groups is 1. The standard InChI is InChI=1S/C28H27Cl4F3N2O3/c1-17-11-23(30)26(24(31)12-17)40-10-9-39-21-7-5-18(6-8-21)13-20(14-36)27(38)37(16-28(33,34)35)15-19-3-2-4-22(29)25(19)32/h2-8,11-12,20H,9-10,13-16,36H2,1H3. The lowest BCUT2D eigenvalue weighted by Crippen LogP contribution is -2.44. The van der Waals surface area contributed by atoms with Crippen LogP contribution in [0.25, 0.3) is 0 Å². The van der Waals surface area contributed by atoms with Crippen LogP contribution >= 0.6 is 46.4 Å². The number of halogens is 7. The molecule has 5 nitrogen and oxygen atoms in total. The molecule has 1 atom stereocenters.